The summed E-state index contributed by atoms with van der Waals surface area (Å²) in [5.74, 6) is 1.22. The fraction of sp³-hybridized carbons (Fsp3) is 0.600. The van der Waals surface area contributed by atoms with Crippen molar-refractivity contribution in [2.75, 3.05) is 18.8 Å². The molecule has 1 aliphatic carbocycles. The molecule has 1 aliphatic heterocycles. The highest BCUT2D eigenvalue weighted by atomic mass is 16.3. The molecule has 18 heavy (non-hydrogen) atoms. The molecular formula is C15H22N2O. The Bertz CT molecular complexity index is 446. The average molecular weight is 246 g/mol. The van der Waals surface area contributed by atoms with Crippen LogP contribution < -0.4 is 5.73 Å². The fourth-order valence-corrected chi connectivity index (χ4v) is 3.57. The van der Waals surface area contributed by atoms with Crippen molar-refractivity contribution in [1.82, 2.24) is 4.90 Å². The Morgan fingerprint density at radius 2 is 2.17 bits per heavy atom. The molecule has 0 amide bonds. The molecule has 1 aromatic rings. The third-order valence-electron chi connectivity index (χ3n) is 4.78. The molecular weight excluding hydrogens is 224 g/mol. The van der Waals surface area contributed by atoms with Gasteiger partial charge in [-0.25, -0.2) is 0 Å². The number of likely N-dealkylation sites (tertiary alicyclic amines) is 1. The van der Waals surface area contributed by atoms with Gasteiger partial charge in [0.1, 0.15) is 0 Å². The van der Waals surface area contributed by atoms with Crippen molar-refractivity contribution in [2.24, 2.45) is 11.8 Å². The van der Waals surface area contributed by atoms with Gasteiger partial charge >= 0.3 is 0 Å². The van der Waals surface area contributed by atoms with Gasteiger partial charge in [0.15, 0.2) is 0 Å². The normalized spacial score (nSPS) is 31.8. The Morgan fingerprint density at radius 1 is 1.33 bits per heavy atom. The van der Waals surface area contributed by atoms with E-state index < -0.39 is 0 Å². The number of fused-ring (bicyclic) bond motifs is 1. The number of hydrogen-bond donors (Lipinski definition) is 2. The van der Waals surface area contributed by atoms with Crippen LogP contribution in [-0.4, -0.2) is 29.2 Å². The molecule has 3 nitrogen and oxygen atoms in total. The minimum atomic E-state index is -0.0676. The van der Waals surface area contributed by atoms with Gasteiger partial charge in [0.2, 0.25) is 0 Å². The van der Waals surface area contributed by atoms with Crippen molar-refractivity contribution in [3.05, 3.63) is 29.3 Å². The summed E-state index contributed by atoms with van der Waals surface area (Å²) in [5.41, 5.74) is 9.36. The van der Waals surface area contributed by atoms with E-state index in [4.69, 9.17) is 5.73 Å². The molecule has 1 saturated heterocycles. The molecule has 0 aromatic heterocycles. The number of aliphatic hydroxyl groups is 1. The minimum absolute atomic E-state index is 0.0676. The van der Waals surface area contributed by atoms with Crippen molar-refractivity contribution >= 4 is 5.69 Å². The standard InChI is InChI=1S/C15H22N2O/c1-10-11(3-2-4-14(10)16)7-17-8-12-5-6-15(18)13(12)9-17/h2-4,12-13,15,18H,5-9,16H2,1H3. The lowest BCUT2D eigenvalue weighted by atomic mass is 10.00. The summed E-state index contributed by atoms with van der Waals surface area (Å²) >= 11 is 0. The largest absolute Gasteiger partial charge is 0.399 e. The zero-order valence-corrected chi connectivity index (χ0v) is 11.0. The average Bonchev–Trinajstić information content (AvgIpc) is 2.88. The number of rotatable bonds is 2. The van der Waals surface area contributed by atoms with Gasteiger partial charge in [0.25, 0.3) is 0 Å². The van der Waals surface area contributed by atoms with Crippen LogP contribution in [0.25, 0.3) is 0 Å². The Labute approximate surface area is 109 Å². The molecule has 1 saturated carbocycles. The van der Waals surface area contributed by atoms with Crippen molar-refractivity contribution < 1.29 is 5.11 Å². The van der Waals surface area contributed by atoms with Crippen LogP contribution in [0.4, 0.5) is 5.69 Å². The summed E-state index contributed by atoms with van der Waals surface area (Å²) in [7, 11) is 0. The quantitative estimate of drug-likeness (QED) is 0.782. The molecule has 3 N–H and O–H groups in total. The number of nitrogens with zero attached hydrogens (tertiary/aromatic N) is 1. The second-order valence-electron chi connectivity index (χ2n) is 5.89. The molecule has 1 heterocycles. The monoisotopic (exact) mass is 246 g/mol. The van der Waals surface area contributed by atoms with Gasteiger partial charge in [-0.05, 0) is 42.9 Å². The van der Waals surface area contributed by atoms with Crippen LogP contribution in [0.3, 0.4) is 0 Å². The van der Waals surface area contributed by atoms with Crippen molar-refractivity contribution in [1.29, 1.82) is 0 Å². The van der Waals surface area contributed by atoms with E-state index in [1.54, 1.807) is 0 Å². The van der Waals surface area contributed by atoms with Gasteiger partial charge in [-0.15, -0.1) is 0 Å². The third-order valence-corrected chi connectivity index (χ3v) is 4.78. The highest BCUT2D eigenvalue weighted by Gasteiger charge is 2.41. The Hall–Kier alpha value is -1.06. The fourth-order valence-electron chi connectivity index (χ4n) is 3.57. The van der Waals surface area contributed by atoms with Crippen LogP contribution in [0, 0.1) is 18.8 Å². The molecule has 0 radical (unpaired) electrons. The van der Waals surface area contributed by atoms with E-state index in [0.29, 0.717) is 11.8 Å². The Kier molecular flexibility index (Phi) is 3.04. The van der Waals surface area contributed by atoms with E-state index in [1.165, 1.54) is 17.5 Å². The van der Waals surface area contributed by atoms with E-state index >= 15 is 0 Å². The zero-order valence-electron chi connectivity index (χ0n) is 11.0. The first-order chi connectivity index (χ1) is 8.65. The summed E-state index contributed by atoms with van der Waals surface area (Å²) in [5, 5.41) is 9.94. The van der Waals surface area contributed by atoms with E-state index in [1.807, 2.05) is 12.1 Å². The molecule has 0 spiro atoms. The summed E-state index contributed by atoms with van der Waals surface area (Å²) in [6.07, 6.45) is 2.13. The molecule has 1 aromatic carbocycles. The lowest BCUT2D eigenvalue weighted by Gasteiger charge is -2.19. The van der Waals surface area contributed by atoms with E-state index in [0.717, 1.165) is 31.7 Å². The Morgan fingerprint density at radius 3 is 2.94 bits per heavy atom. The van der Waals surface area contributed by atoms with Crippen LogP contribution in [0.5, 0.6) is 0 Å². The predicted molar refractivity (Wildman–Crippen MR) is 73.1 cm³/mol. The number of nitrogens with two attached hydrogens (primary N) is 1. The SMILES string of the molecule is Cc1c(N)cccc1CN1CC2CCC(O)C2C1. The Balaban J connectivity index is 1.70. The lowest BCUT2D eigenvalue weighted by Crippen LogP contribution is -2.24. The van der Waals surface area contributed by atoms with Crippen LogP contribution in [0.2, 0.25) is 0 Å². The maximum Gasteiger partial charge on any atom is 0.0583 e. The molecule has 3 unspecified atom stereocenters. The highest BCUT2D eigenvalue weighted by Crippen LogP contribution is 2.38. The van der Waals surface area contributed by atoms with Crippen molar-refractivity contribution in [3.63, 3.8) is 0 Å². The molecule has 3 atom stereocenters. The molecule has 2 aliphatic rings. The molecule has 98 valence electrons. The second kappa shape index (κ2) is 4.56. The summed E-state index contributed by atoms with van der Waals surface area (Å²) in [6, 6.07) is 6.15. The van der Waals surface area contributed by atoms with E-state index in [-0.39, 0.29) is 6.10 Å². The third kappa shape index (κ3) is 2.02. The van der Waals surface area contributed by atoms with Gasteiger partial charge in [0, 0.05) is 31.2 Å². The number of aliphatic hydroxyl groups excluding tert-OH is 1. The molecule has 2 fully saturated rings. The summed E-state index contributed by atoms with van der Waals surface area (Å²) < 4.78 is 0. The van der Waals surface area contributed by atoms with E-state index in [2.05, 4.69) is 17.9 Å². The van der Waals surface area contributed by atoms with Gasteiger partial charge in [0.05, 0.1) is 6.10 Å². The van der Waals surface area contributed by atoms with Crippen molar-refractivity contribution in [2.45, 2.75) is 32.4 Å². The summed E-state index contributed by atoms with van der Waals surface area (Å²) in [6.45, 7) is 5.24. The smallest absolute Gasteiger partial charge is 0.0583 e. The van der Waals surface area contributed by atoms with Crippen molar-refractivity contribution in [3.8, 4) is 0 Å². The minimum Gasteiger partial charge on any atom is -0.399 e. The molecule has 3 rings (SSSR count). The molecule has 0 bridgehead atoms. The van der Waals surface area contributed by atoms with Gasteiger partial charge in [-0.1, -0.05) is 12.1 Å². The predicted octanol–water partition coefficient (Wildman–Crippen LogP) is 1.78. The zero-order chi connectivity index (χ0) is 12.7. The number of hydrogen-bond acceptors (Lipinski definition) is 3. The van der Waals surface area contributed by atoms with Crippen LogP contribution >= 0.6 is 0 Å². The maximum absolute atomic E-state index is 9.94. The molecule has 3 heteroatoms. The van der Waals surface area contributed by atoms with Gasteiger partial charge in [-0.2, -0.15) is 0 Å². The first-order valence-electron chi connectivity index (χ1n) is 6.89. The first kappa shape index (κ1) is 12.0. The van der Waals surface area contributed by atoms with Gasteiger partial charge < -0.3 is 10.8 Å². The number of nitrogen functional groups attached to an aromatic ring is 1. The number of benzene rings is 1. The van der Waals surface area contributed by atoms with Crippen LogP contribution in [-0.2, 0) is 6.54 Å². The topological polar surface area (TPSA) is 49.5 Å². The number of anilines is 1. The summed E-state index contributed by atoms with van der Waals surface area (Å²) in [4.78, 5) is 2.47. The van der Waals surface area contributed by atoms with E-state index in [9.17, 15) is 5.11 Å². The first-order valence-corrected chi connectivity index (χ1v) is 6.89. The van der Waals surface area contributed by atoms with Gasteiger partial charge in [-0.3, -0.25) is 4.90 Å². The highest BCUT2D eigenvalue weighted by molar-refractivity contribution is 5.49. The van der Waals surface area contributed by atoms with Crippen LogP contribution in [0.1, 0.15) is 24.0 Å². The maximum atomic E-state index is 9.94. The second-order valence-corrected chi connectivity index (χ2v) is 5.89. The lowest BCUT2D eigenvalue weighted by molar-refractivity contribution is 0.123. The van der Waals surface area contributed by atoms with Crippen LogP contribution in [0.15, 0.2) is 18.2 Å².